The van der Waals surface area contributed by atoms with Crippen LogP contribution in [-0.4, -0.2) is 42.3 Å². The van der Waals surface area contributed by atoms with Crippen LogP contribution in [0.4, 0.5) is 0 Å². The molecular formula is C23H36O5. The first-order chi connectivity index (χ1) is 13.2. The van der Waals surface area contributed by atoms with Crippen LogP contribution in [-0.2, 0) is 19.0 Å². The van der Waals surface area contributed by atoms with Crippen LogP contribution in [0.1, 0.15) is 59.8 Å². The number of esters is 1. The van der Waals surface area contributed by atoms with Crippen molar-refractivity contribution in [3.8, 4) is 0 Å². The average molecular weight is 393 g/mol. The Bertz CT molecular complexity index is 622. The van der Waals surface area contributed by atoms with E-state index in [-0.39, 0.29) is 36.6 Å². The summed E-state index contributed by atoms with van der Waals surface area (Å²) >= 11 is 0. The summed E-state index contributed by atoms with van der Waals surface area (Å²) in [6, 6.07) is 0. The van der Waals surface area contributed by atoms with Gasteiger partial charge in [-0.05, 0) is 56.4 Å². The van der Waals surface area contributed by atoms with Crippen molar-refractivity contribution >= 4 is 5.97 Å². The molecule has 5 heteroatoms. The van der Waals surface area contributed by atoms with E-state index >= 15 is 0 Å². The van der Waals surface area contributed by atoms with Gasteiger partial charge in [0.15, 0.2) is 5.79 Å². The maximum atomic E-state index is 11.7. The Morgan fingerprint density at radius 2 is 1.93 bits per heavy atom. The second-order valence-corrected chi connectivity index (χ2v) is 9.33. The van der Waals surface area contributed by atoms with E-state index in [9.17, 15) is 9.90 Å². The van der Waals surface area contributed by atoms with E-state index < -0.39 is 5.79 Å². The Morgan fingerprint density at radius 1 is 1.21 bits per heavy atom. The molecule has 0 aromatic heterocycles. The molecule has 28 heavy (non-hydrogen) atoms. The Labute approximate surface area is 169 Å². The molecule has 1 N–H and O–H groups in total. The maximum Gasteiger partial charge on any atom is 0.308 e. The van der Waals surface area contributed by atoms with Crippen LogP contribution in [0.25, 0.3) is 0 Å². The highest BCUT2D eigenvalue weighted by atomic mass is 16.7. The summed E-state index contributed by atoms with van der Waals surface area (Å²) in [7, 11) is 1.41. The SMILES string of the molecule is COC(=O)C[C@H]1CC(CC[C@@H]2[C@@H]3C(=C[C@H](C)C[C@@H]3O)C=C[C@@H]2C)OC(C)(C)O1. The van der Waals surface area contributed by atoms with Gasteiger partial charge in [0.05, 0.1) is 31.8 Å². The van der Waals surface area contributed by atoms with Gasteiger partial charge in [0.2, 0.25) is 0 Å². The smallest absolute Gasteiger partial charge is 0.308 e. The van der Waals surface area contributed by atoms with E-state index in [2.05, 4.69) is 32.1 Å². The molecule has 5 nitrogen and oxygen atoms in total. The monoisotopic (exact) mass is 392 g/mol. The minimum absolute atomic E-state index is 0.0450. The number of hydrogen-bond acceptors (Lipinski definition) is 5. The summed E-state index contributed by atoms with van der Waals surface area (Å²) in [4.78, 5) is 11.7. The highest BCUT2D eigenvalue weighted by Crippen LogP contribution is 2.44. The van der Waals surface area contributed by atoms with Gasteiger partial charge in [0.1, 0.15) is 0 Å². The van der Waals surface area contributed by atoms with E-state index in [0.29, 0.717) is 24.2 Å². The van der Waals surface area contributed by atoms with Crippen LogP contribution in [0.3, 0.4) is 0 Å². The molecule has 0 bridgehead atoms. The molecule has 1 aliphatic heterocycles. The molecule has 1 fully saturated rings. The molecule has 7 atom stereocenters. The molecular weight excluding hydrogens is 356 g/mol. The third-order valence-electron chi connectivity index (χ3n) is 6.49. The molecule has 3 rings (SSSR count). The van der Waals surface area contributed by atoms with Gasteiger partial charge in [0, 0.05) is 12.3 Å². The molecule has 1 unspecified atom stereocenters. The first kappa shape index (κ1) is 21.5. The number of carbonyl (C=O) groups excluding carboxylic acids is 1. The minimum Gasteiger partial charge on any atom is -0.469 e. The predicted molar refractivity (Wildman–Crippen MR) is 107 cm³/mol. The molecule has 0 saturated carbocycles. The fraction of sp³-hybridized carbons (Fsp3) is 0.783. The zero-order chi connectivity index (χ0) is 20.5. The Hall–Kier alpha value is -1.17. The zero-order valence-corrected chi connectivity index (χ0v) is 17.9. The van der Waals surface area contributed by atoms with Crippen molar-refractivity contribution in [3.63, 3.8) is 0 Å². The van der Waals surface area contributed by atoms with Crippen LogP contribution in [0, 0.1) is 23.7 Å². The van der Waals surface area contributed by atoms with Crippen molar-refractivity contribution in [1.29, 1.82) is 0 Å². The van der Waals surface area contributed by atoms with Gasteiger partial charge in [-0.15, -0.1) is 0 Å². The fourth-order valence-corrected chi connectivity index (χ4v) is 5.30. The molecule has 0 aromatic carbocycles. The molecule has 2 aliphatic carbocycles. The number of aliphatic hydroxyl groups excluding tert-OH is 1. The fourth-order valence-electron chi connectivity index (χ4n) is 5.30. The first-order valence-corrected chi connectivity index (χ1v) is 10.7. The number of hydrogen-bond donors (Lipinski definition) is 1. The van der Waals surface area contributed by atoms with Crippen molar-refractivity contribution in [2.75, 3.05) is 7.11 Å². The maximum absolute atomic E-state index is 11.7. The summed E-state index contributed by atoms with van der Waals surface area (Å²) in [5.74, 6) is 0.538. The molecule has 158 valence electrons. The largest absolute Gasteiger partial charge is 0.469 e. The van der Waals surface area contributed by atoms with E-state index in [0.717, 1.165) is 19.3 Å². The molecule has 1 heterocycles. The summed E-state index contributed by atoms with van der Waals surface area (Å²) in [5, 5.41) is 10.8. The molecule has 1 saturated heterocycles. The third-order valence-corrected chi connectivity index (χ3v) is 6.49. The second-order valence-electron chi connectivity index (χ2n) is 9.33. The van der Waals surface area contributed by atoms with Crippen LogP contribution >= 0.6 is 0 Å². The van der Waals surface area contributed by atoms with E-state index in [1.807, 2.05) is 13.8 Å². The number of methoxy groups -OCH3 is 1. The van der Waals surface area contributed by atoms with Crippen molar-refractivity contribution in [2.45, 2.75) is 83.9 Å². The standard InChI is InChI=1S/C23H36O5/c1-14-10-16-7-6-15(2)19(22(16)20(24)11-14)9-8-17-12-18(13-21(25)26-5)28-23(3,4)27-17/h6-7,10,14-15,17-20,22,24H,8-9,11-13H2,1-5H3/t14-,15-,17?,18+,19-,20-,22-/m0/s1. The van der Waals surface area contributed by atoms with Crippen molar-refractivity contribution < 1.29 is 24.1 Å². The number of fused-ring (bicyclic) bond motifs is 1. The van der Waals surface area contributed by atoms with Crippen LogP contribution in [0.15, 0.2) is 23.8 Å². The van der Waals surface area contributed by atoms with Crippen molar-refractivity contribution in [2.24, 2.45) is 23.7 Å². The van der Waals surface area contributed by atoms with E-state index in [1.165, 1.54) is 12.7 Å². The van der Waals surface area contributed by atoms with Gasteiger partial charge in [-0.2, -0.15) is 0 Å². The Kier molecular flexibility index (Phi) is 6.68. The lowest BCUT2D eigenvalue weighted by Crippen LogP contribution is -2.46. The van der Waals surface area contributed by atoms with Gasteiger partial charge in [-0.25, -0.2) is 0 Å². The predicted octanol–water partition coefficient (Wildman–Crippen LogP) is 4.01. The molecule has 0 amide bonds. The normalized spacial score (nSPS) is 39.8. The zero-order valence-electron chi connectivity index (χ0n) is 17.9. The number of ether oxygens (including phenoxy) is 3. The van der Waals surface area contributed by atoms with Gasteiger partial charge in [-0.1, -0.05) is 32.1 Å². The lowest BCUT2D eigenvalue weighted by atomic mass is 9.65. The van der Waals surface area contributed by atoms with Crippen LogP contribution in [0.2, 0.25) is 0 Å². The van der Waals surface area contributed by atoms with Gasteiger partial charge in [0.25, 0.3) is 0 Å². The summed E-state index contributed by atoms with van der Waals surface area (Å²) in [6.45, 7) is 8.23. The average Bonchev–Trinajstić information content (AvgIpc) is 2.59. The second kappa shape index (κ2) is 8.68. The number of aliphatic hydroxyl groups is 1. The minimum atomic E-state index is -0.704. The Balaban J connectivity index is 1.65. The molecule has 0 aromatic rings. The quantitative estimate of drug-likeness (QED) is 0.716. The lowest BCUT2D eigenvalue weighted by Gasteiger charge is -2.44. The van der Waals surface area contributed by atoms with E-state index in [4.69, 9.17) is 14.2 Å². The van der Waals surface area contributed by atoms with Gasteiger partial charge in [-0.3, -0.25) is 4.79 Å². The molecule has 3 aliphatic rings. The third kappa shape index (κ3) is 5.05. The number of carbonyl (C=O) groups is 1. The topological polar surface area (TPSA) is 65.0 Å². The summed E-state index contributed by atoms with van der Waals surface area (Å²) < 4.78 is 16.9. The molecule has 0 radical (unpaired) electrons. The van der Waals surface area contributed by atoms with Crippen molar-refractivity contribution in [3.05, 3.63) is 23.8 Å². The Morgan fingerprint density at radius 3 is 2.64 bits per heavy atom. The summed E-state index contributed by atoms with van der Waals surface area (Å²) in [6.07, 6.45) is 10.1. The van der Waals surface area contributed by atoms with Crippen LogP contribution < -0.4 is 0 Å². The highest BCUT2D eigenvalue weighted by molar-refractivity contribution is 5.69. The van der Waals surface area contributed by atoms with Gasteiger partial charge >= 0.3 is 5.97 Å². The number of allylic oxidation sites excluding steroid dienone is 3. The van der Waals surface area contributed by atoms with Crippen LogP contribution in [0.5, 0.6) is 0 Å². The van der Waals surface area contributed by atoms with Gasteiger partial charge < -0.3 is 19.3 Å². The highest BCUT2D eigenvalue weighted by Gasteiger charge is 2.41. The van der Waals surface area contributed by atoms with E-state index in [1.54, 1.807) is 0 Å². The summed E-state index contributed by atoms with van der Waals surface area (Å²) in [5.41, 5.74) is 1.30. The molecule has 0 spiro atoms. The lowest BCUT2D eigenvalue weighted by molar-refractivity contribution is -0.301. The van der Waals surface area contributed by atoms with Crippen molar-refractivity contribution in [1.82, 2.24) is 0 Å². The first-order valence-electron chi connectivity index (χ1n) is 10.7. The number of rotatable bonds is 5.